The summed E-state index contributed by atoms with van der Waals surface area (Å²) in [5.74, 6) is -0.313. The van der Waals surface area contributed by atoms with Crippen LogP contribution in [0, 0.1) is 0 Å². The first-order valence-electron chi connectivity index (χ1n) is 9.96. The lowest BCUT2D eigenvalue weighted by atomic mass is 10.0. The Balaban J connectivity index is 1.43. The van der Waals surface area contributed by atoms with Gasteiger partial charge >= 0.3 is 12.1 Å². The molecular weight excluding hydrogens is 378 g/mol. The van der Waals surface area contributed by atoms with Gasteiger partial charge in [-0.05, 0) is 23.1 Å². The molecule has 3 aromatic carbocycles. The van der Waals surface area contributed by atoms with Gasteiger partial charge in [0.05, 0.1) is 0 Å². The molecule has 154 valence electrons. The highest BCUT2D eigenvalue weighted by molar-refractivity contribution is 5.70. The molecule has 5 nitrogen and oxygen atoms in total. The predicted octanol–water partition coefficient (Wildman–Crippen LogP) is 5.03. The molecule has 0 bridgehead atoms. The van der Waals surface area contributed by atoms with Gasteiger partial charge in [-0.3, -0.25) is 4.79 Å². The van der Waals surface area contributed by atoms with Crippen molar-refractivity contribution in [3.8, 4) is 0 Å². The van der Waals surface area contributed by atoms with E-state index in [9.17, 15) is 9.59 Å². The van der Waals surface area contributed by atoms with E-state index in [0.717, 1.165) is 16.7 Å². The van der Waals surface area contributed by atoms with Crippen LogP contribution in [-0.4, -0.2) is 18.6 Å². The van der Waals surface area contributed by atoms with Crippen molar-refractivity contribution in [3.63, 3.8) is 0 Å². The Labute approximate surface area is 176 Å². The Kier molecular flexibility index (Phi) is 8.03. The molecule has 5 heteroatoms. The summed E-state index contributed by atoms with van der Waals surface area (Å²) in [6.07, 6.45) is -0.285. The molecule has 1 N–H and O–H groups in total. The number of benzene rings is 3. The summed E-state index contributed by atoms with van der Waals surface area (Å²) >= 11 is 0. The normalized spacial score (nSPS) is 10.4. The highest BCUT2D eigenvalue weighted by Gasteiger charge is 2.18. The summed E-state index contributed by atoms with van der Waals surface area (Å²) < 4.78 is 10.9. The molecule has 0 atom stereocenters. The maximum Gasteiger partial charge on any atom is 0.407 e. The fourth-order valence-corrected chi connectivity index (χ4v) is 2.97. The van der Waals surface area contributed by atoms with E-state index in [4.69, 9.17) is 9.47 Å². The van der Waals surface area contributed by atoms with Gasteiger partial charge in [0.1, 0.15) is 6.61 Å². The van der Waals surface area contributed by atoms with Crippen molar-refractivity contribution < 1.29 is 19.1 Å². The van der Waals surface area contributed by atoms with Crippen molar-refractivity contribution in [1.82, 2.24) is 5.32 Å². The number of rotatable bonds is 9. The Hall–Kier alpha value is -3.60. The number of nitrogens with one attached hydrogen (secondary N) is 1. The zero-order chi connectivity index (χ0) is 21.0. The first kappa shape index (κ1) is 21.1. The Morgan fingerprint density at radius 1 is 0.767 bits per heavy atom. The average Bonchev–Trinajstić information content (AvgIpc) is 2.81. The minimum absolute atomic E-state index is 0.204. The van der Waals surface area contributed by atoms with Crippen molar-refractivity contribution in [3.05, 3.63) is 108 Å². The summed E-state index contributed by atoms with van der Waals surface area (Å²) in [6.45, 7) is 0.550. The second-order valence-corrected chi connectivity index (χ2v) is 6.78. The van der Waals surface area contributed by atoms with Gasteiger partial charge in [0, 0.05) is 13.0 Å². The lowest BCUT2D eigenvalue weighted by molar-refractivity contribution is -0.147. The van der Waals surface area contributed by atoms with Crippen molar-refractivity contribution in [2.75, 3.05) is 6.54 Å². The number of esters is 1. The van der Waals surface area contributed by atoms with E-state index in [1.54, 1.807) is 0 Å². The number of carbonyl (C=O) groups is 2. The van der Waals surface area contributed by atoms with Gasteiger partial charge in [-0.1, -0.05) is 91.0 Å². The van der Waals surface area contributed by atoms with Crippen molar-refractivity contribution in [2.45, 2.75) is 25.6 Å². The third kappa shape index (κ3) is 6.78. The molecule has 3 aromatic rings. The van der Waals surface area contributed by atoms with E-state index in [2.05, 4.69) is 5.32 Å². The second-order valence-electron chi connectivity index (χ2n) is 6.78. The largest absolute Gasteiger partial charge is 0.453 e. The topological polar surface area (TPSA) is 64.6 Å². The number of hydrogen-bond donors (Lipinski definition) is 1. The first-order chi connectivity index (χ1) is 14.7. The monoisotopic (exact) mass is 403 g/mol. The SMILES string of the molecule is O=C(CCCNC(=O)OCc1ccccc1)OC(c1ccccc1)c1ccccc1. The molecule has 0 radical (unpaired) electrons. The van der Waals surface area contributed by atoms with Crippen LogP contribution < -0.4 is 5.32 Å². The quantitative estimate of drug-likeness (QED) is 0.402. The Bertz CT molecular complexity index is 874. The standard InChI is InChI=1S/C25H25NO4/c27-23(17-10-18-26-25(28)29-19-20-11-4-1-5-12-20)30-24(21-13-6-2-7-14-21)22-15-8-3-9-16-22/h1-9,11-16,24H,10,17-19H2,(H,26,28). The van der Waals surface area contributed by atoms with Crippen LogP contribution in [0.2, 0.25) is 0 Å². The van der Waals surface area contributed by atoms with E-state index >= 15 is 0 Å². The molecule has 0 aliphatic carbocycles. The summed E-state index contributed by atoms with van der Waals surface area (Å²) in [5.41, 5.74) is 2.75. The number of hydrogen-bond acceptors (Lipinski definition) is 4. The van der Waals surface area contributed by atoms with Gasteiger partial charge in [-0.15, -0.1) is 0 Å². The number of amides is 1. The molecule has 1 amide bonds. The predicted molar refractivity (Wildman–Crippen MR) is 115 cm³/mol. The molecule has 0 saturated heterocycles. The van der Waals surface area contributed by atoms with E-state index in [1.807, 2.05) is 91.0 Å². The first-order valence-corrected chi connectivity index (χ1v) is 9.96. The van der Waals surface area contributed by atoms with Crippen LogP contribution in [-0.2, 0) is 20.9 Å². The van der Waals surface area contributed by atoms with E-state index < -0.39 is 12.2 Å². The van der Waals surface area contributed by atoms with Crippen molar-refractivity contribution >= 4 is 12.1 Å². The van der Waals surface area contributed by atoms with Gasteiger partial charge in [-0.2, -0.15) is 0 Å². The lowest BCUT2D eigenvalue weighted by Gasteiger charge is -2.19. The smallest absolute Gasteiger partial charge is 0.407 e. The molecule has 0 unspecified atom stereocenters. The molecule has 0 aromatic heterocycles. The van der Waals surface area contributed by atoms with Crippen LogP contribution in [0.1, 0.15) is 35.6 Å². The minimum Gasteiger partial charge on any atom is -0.453 e. The second kappa shape index (κ2) is 11.4. The van der Waals surface area contributed by atoms with E-state index in [-0.39, 0.29) is 19.0 Å². The summed E-state index contributed by atoms with van der Waals surface area (Å²) in [7, 11) is 0. The molecule has 0 fully saturated rings. The third-order valence-electron chi connectivity index (χ3n) is 4.49. The minimum atomic E-state index is -0.501. The molecule has 0 spiro atoms. The van der Waals surface area contributed by atoms with Crippen LogP contribution in [0.4, 0.5) is 4.79 Å². The highest BCUT2D eigenvalue weighted by Crippen LogP contribution is 2.26. The molecular formula is C25H25NO4. The van der Waals surface area contributed by atoms with Crippen LogP contribution in [0.5, 0.6) is 0 Å². The molecule has 0 aliphatic rings. The van der Waals surface area contributed by atoms with Gasteiger partial charge < -0.3 is 14.8 Å². The highest BCUT2D eigenvalue weighted by atomic mass is 16.5. The van der Waals surface area contributed by atoms with Gasteiger partial charge in [0.2, 0.25) is 0 Å². The fraction of sp³-hybridized carbons (Fsp3) is 0.200. The van der Waals surface area contributed by atoms with Crippen LogP contribution >= 0.6 is 0 Å². The number of carbonyl (C=O) groups excluding carboxylic acids is 2. The summed E-state index contributed by atoms with van der Waals surface area (Å²) in [5, 5.41) is 2.66. The van der Waals surface area contributed by atoms with Crippen LogP contribution in [0.25, 0.3) is 0 Å². The Morgan fingerprint density at radius 2 is 1.30 bits per heavy atom. The lowest BCUT2D eigenvalue weighted by Crippen LogP contribution is -2.25. The van der Waals surface area contributed by atoms with E-state index in [0.29, 0.717) is 13.0 Å². The van der Waals surface area contributed by atoms with Crippen molar-refractivity contribution in [2.24, 2.45) is 0 Å². The zero-order valence-corrected chi connectivity index (χ0v) is 16.7. The average molecular weight is 403 g/mol. The molecule has 0 aliphatic heterocycles. The van der Waals surface area contributed by atoms with Gasteiger partial charge in [-0.25, -0.2) is 4.79 Å². The molecule has 30 heavy (non-hydrogen) atoms. The summed E-state index contributed by atoms with van der Waals surface area (Å²) in [6, 6.07) is 28.8. The van der Waals surface area contributed by atoms with Crippen LogP contribution in [0.15, 0.2) is 91.0 Å². The van der Waals surface area contributed by atoms with Crippen LogP contribution in [0.3, 0.4) is 0 Å². The van der Waals surface area contributed by atoms with E-state index in [1.165, 1.54) is 0 Å². The van der Waals surface area contributed by atoms with Crippen molar-refractivity contribution in [1.29, 1.82) is 0 Å². The summed E-state index contributed by atoms with van der Waals surface area (Å²) in [4.78, 5) is 24.1. The molecule has 0 heterocycles. The maximum atomic E-state index is 12.4. The van der Waals surface area contributed by atoms with Gasteiger partial charge in [0.25, 0.3) is 0 Å². The molecule has 3 rings (SSSR count). The Morgan fingerprint density at radius 3 is 1.87 bits per heavy atom. The third-order valence-corrected chi connectivity index (χ3v) is 4.49. The zero-order valence-electron chi connectivity index (χ0n) is 16.7. The van der Waals surface area contributed by atoms with Gasteiger partial charge in [0.15, 0.2) is 6.10 Å². The number of alkyl carbamates (subject to hydrolysis) is 1. The number of ether oxygens (including phenoxy) is 2. The fourth-order valence-electron chi connectivity index (χ4n) is 2.97. The maximum absolute atomic E-state index is 12.4. The molecule has 0 saturated carbocycles.